The Labute approximate surface area is 139 Å². The normalized spacial score (nSPS) is 16.6. The molecule has 0 unspecified atom stereocenters. The van der Waals surface area contributed by atoms with Crippen molar-refractivity contribution in [3.05, 3.63) is 64.3 Å². The van der Waals surface area contributed by atoms with Gasteiger partial charge in [0.15, 0.2) is 4.32 Å². The van der Waals surface area contributed by atoms with Gasteiger partial charge < -0.3 is 0 Å². The van der Waals surface area contributed by atoms with Crippen LogP contribution >= 0.6 is 24.0 Å². The minimum atomic E-state index is -0.0763. The van der Waals surface area contributed by atoms with Gasteiger partial charge in [-0.3, -0.25) is 14.7 Å². The minimum Gasteiger partial charge on any atom is -0.268 e. The van der Waals surface area contributed by atoms with Crippen molar-refractivity contribution >= 4 is 46.0 Å². The number of nitrogens with zero attached hydrogens (tertiary/aromatic N) is 2. The first-order valence-corrected chi connectivity index (χ1v) is 8.04. The number of amides is 1. The number of thioether (sulfide) groups is 1. The van der Waals surface area contributed by atoms with Crippen LogP contribution in [0, 0.1) is 13.8 Å². The summed E-state index contributed by atoms with van der Waals surface area (Å²) in [5.74, 6) is -0.0763. The maximum atomic E-state index is 12.7. The molecule has 0 radical (unpaired) electrons. The molecule has 1 aromatic heterocycles. The van der Waals surface area contributed by atoms with E-state index in [1.165, 1.54) is 11.8 Å². The summed E-state index contributed by atoms with van der Waals surface area (Å²) in [4.78, 5) is 19.0. The van der Waals surface area contributed by atoms with Crippen LogP contribution in [0.3, 0.4) is 0 Å². The summed E-state index contributed by atoms with van der Waals surface area (Å²) in [6.07, 6.45) is 5.26. The number of hydrogen-bond acceptors (Lipinski definition) is 4. The molecule has 3 rings (SSSR count). The van der Waals surface area contributed by atoms with Crippen LogP contribution in [0.4, 0.5) is 5.69 Å². The van der Waals surface area contributed by atoms with Crippen LogP contribution in [0.25, 0.3) is 6.08 Å². The number of carbonyl (C=O) groups is 1. The third-order valence-corrected chi connectivity index (χ3v) is 4.68. The lowest BCUT2D eigenvalue weighted by Gasteiger charge is -2.17. The van der Waals surface area contributed by atoms with E-state index in [4.69, 9.17) is 12.2 Å². The van der Waals surface area contributed by atoms with Gasteiger partial charge in [-0.05, 0) is 48.7 Å². The summed E-state index contributed by atoms with van der Waals surface area (Å²) < 4.78 is 0.564. The highest BCUT2D eigenvalue weighted by Gasteiger charge is 2.34. The molecular formula is C17H14N2OS2. The Balaban J connectivity index is 1.99. The van der Waals surface area contributed by atoms with Crippen molar-refractivity contribution in [3.8, 4) is 0 Å². The van der Waals surface area contributed by atoms with E-state index in [0.29, 0.717) is 9.23 Å². The summed E-state index contributed by atoms with van der Waals surface area (Å²) in [6.45, 7) is 3.99. The monoisotopic (exact) mass is 326 g/mol. The second-order valence-corrected chi connectivity index (χ2v) is 6.77. The molecule has 0 aliphatic carbocycles. The van der Waals surface area contributed by atoms with Gasteiger partial charge in [0.1, 0.15) is 0 Å². The van der Waals surface area contributed by atoms with Crippen LogP contribution < -0.4 is 4.90 Å². The highest BCUT2D eigenvalue weighted by molar-refractivity contribution is 8.27. The van der Waals surface area contributed by atoms with Gasteiger partial charge in [0.25, 0.3) is 5.91 Å². The molecule has 3 nitrogen and oxygen atoms in total. The fraction of sp³-hybridized carbons (Fsp3) is 0.118. The van der Waals surface area contributed by atoms with Crippen LogP contribution in [0.2, 0.25) is 0 Å². The van der Waals surface area contributed by atoms with Crippen LogP contribution in [-0.2, 0) is 4.79 Å². The predicted octanol–water partition coefficient (Wildman–Crippen LogP) is 4.10. The molecule has 22 heavy (non-hydrogen) atoms. The number of pyridine rings is 1. The van der Waals surface area contributed by atoms with Crippen LogP contribution in [-0.4, -0.2) is 15.2 Å². The molecule has 0 N–H and O–H groups in total. The van der Waals surface area contributed by atoms with E-state index >= 15 is 0 Å². The van der Waals surface area contributed by atoms with E-state index in [-0.39, 0.29) is 5.91 Å². The molecule has 2 heterocycles. The predicted molar refractivity (Wildman–Crippen MR) is 95.8 cm³/mol. The fourth-order valence-electron chi connectivity index (χ4n) is 2.25. The van der Waals surface area contributed by atoms with E-state index in [1.54, 1.807) is 17.3 Å². The van der Waals surface area contributed by atoms with Crippen LogP contribution in [0.5, 0.6) is 0 Å². The van der Waals surface area contributed by atoms with Crippen LogP contribution in [0.1, 0.15) is 16.7 Å². The molecule has 1 aliphatic heterocycles. The molecule has 1 amide bonds. The molecule has 1 aromatic carbocycles. The van der Waals surface area contributed by atoms with Crippen molar-refractivity contribution in [2.45, 2.75) is 13.8 Å². The average Bonchev–Trinajstić information content (AvgIpc) is 2.77. The number of rotatable bonds is 2. The molecule has 1 fully saturated rings. The molecule has 2 aromatic rings. The SMILES string of the molecule is Cc1ccc(C)c(N2C(=O)C(=Cc3cccnc3)SC2=S)c1. The number of aryl methyl sites for hydroxylation is 2. The maximum Gasteiger partial charge on any atom is 0.270 e. The van der Waals surface area contributed by atoms with E-state index in [9.17, 15) is 4.79 Å². The average molecular weight is 326 g/mol. The molecule has 110 valence electrons. The van der Waals surface area contributed by atoms with Crippen molar-refractivity contribution < 1.29 is 4.79 Å². The number of hydrogen-bond donors (Lipinski definition) is 0. The highest BCUT2D eigenvalue weighted by atomic mass is 32.2. The topological polar surface area (TPSA) is 33.2 Å². The molecule has 0 atom stereocenters. The molecule has 1 saturated heterocycles. The quantitative estimate of drug-likeness (QED) is 0.614. The van der Waals surface area contributed by atoms with Crippen molar-refractivity contribution in [3.63, 3.8) is 0 Å². The zero-order chi connectivity index (χ0) is 15.7. The summed E-state index contributed by atoms with van der Waals surface area (Å²) in [6, 6.07) is 9.79. The van der Waals surface area contributed by atoms with Gasteiger partial charge >= 0.3 is 0 Å². The number of carbonyl (C=O) groups excluding carboxylic acids is 1. The van der Waals surface area contributed by atoms with E-state index < -0.39 is 0 Å². The Kier molecular flexibility index (Phi) is 4.09. The maximum absolute atomic E-state index is 12.7. The lowest BCUT2D eigenvalue weighted by molar-refractivity contribution is -0.113. The number of aromatic nitrogens is 1. The van der Waals surface area contributed by atoms with E-state index in [1.807, 2.05) is 50.3 Å². The van der Waals surface area contributed by atoms with Crippen LogP contribution in [0.15, 0.2) is 47.6 Å². The summed E-state index contributed by atoms with van der Waals surface area (Å²) in [7, 11) is 0. The number of benzene rings is 1. The van der Waals surface area contributed by atoms with Crippen molar-refractivity contribution in [1.29, 1.82) is 0 Å². The third kappa shape index (κ3) is 2.82. The van der Waals surface area contributed by atoms with Gasteiger partial charge in [0.05, 0.1) is 10.6 Å². The lowest BCUT2D eigenvalue weighted by atomic mass is 10.1. The number of thiocarbonyl (C=S) groups is 1. The Morgan fingerprint density at radius 1 is 1.27 bits per heavy atom. The first kappa shape index (κ1) is 14.9. The molecule has 0 bridgehead atoms. The summed E-state index contributed by atoms with van der Waals surface area (Å²) in [5, 5.41) is 0. The van der Waals surface area contributed by atoms with Crippen molar-refractivity contribution in [1.82, 2.24) is 4.98 Å². The van der Waals surface area contributed by atoms with Gasteiger partial charge in [0.2, 0.25) is 0 Å². The Morgan fingerprint density at radius 3 is 2.82 bits per heavy atom. The first-order chi connectivity index (χ1) is 10.6. The Morgan fingerprint density at radius 2 is 2.09 bits per heavy atom. The van der Waals surface area contributed by atoms with E-state index in [0.717, 1.165) is 22.4 Å². The summed E-state index contributed by atoms with van der Waals surface area (Å²) >= 11 is 6.73. The molecule has 0 spiro atoms. The Hall–Kier alpha value is -1.98. The Bertz CT molecular complexity index is 785. The van der Waals surface area contributed by atoms with Gasteiger partial charge in [-0.2, -0.15) is 0 Å². The van der Waals surface area contributed by atoms with Gasteiger partial charge in [-0.15, -0.1) is 0 Å². The van der Waals surface area contributed by atoms with Crippen molar-refractivity contribution in [2.75, 3.05) is 4.90 Å². The number of anilines is 1. The zero-order valence-electron chi connectivity index (χ0n) is 12.2. The fourth-order valence-corrected chi connectivity index (χ4v) is 3.53. The second-order valence-electron chi connectivity index (χ2n) is 5.09. The van der Waals surface area contributed by atoms with Gasteiger partial charge in [-0.25, -0.2) is 0 Å². The molecule has 1 aliphatic rings. The highest BCUT2D eigenvalue weighted by Crippen LogP contribution is 2.37. The van der Waals surface area contributed by atoms with Gasteiger partial charge in [-0.1, -0.05) is 42.2 Å². The van der Waals surface area contributed by atoms with Crippen molar-refractivity contribution in [2.24, 2.45) is 0 Å². The lowest BCUT2D eigenvalue weighted by Crippen LogP contribution is -2.28. The first-order valence-electron chi connectivity index (χ1n) is 6.81. The van der Waals surface area contributed by atoms with E-state index in [2.05, 4.69) is 4.98 Å². The molecule has 0 saturated carbocycles. The largest absolute Gasteiger partial charge is 0.270 e. The third-order valence-electron chi connectivity index (χ3n) is 3.38. The molecular weight excluding hydrogens is 312 g/mol. The standard InChI is InChI=1S/C17H14N2OS2/c1-11-5-6-12(2)14(8-11)19-16(20)15(22-17(19)21)9-13-4-3-7-18-10-13/h3-10H,1-2H3. The van der Waals surface area contributed by atoms with Gasteiger partial charge in [0, 0.05) is 12.4 Å². The smallest absolute Gasteiger partial charge is 0.268 e. The summed E-state index contributed by atoms with van der Waals surface area (Å²) in [5.41, 5.74) is 3.89. The molecule has 5 heteroatoms. The second kappa shape index (κ2) is 6.02. The minimum absolute atomic E-state index is 0.0763. The zero-order valence-corrected chi connectivity index (χ0v) is 13.9.